The van der Waals surface area contributed by atoms with Crippen molar-refractivity contribution in [3.05, 3.63) is 70.8 Å². The number of rotatable bonds is 6. The van der Waals surface area contributed by atoms with Gasteiger partial charge in [0.2, 0.25) is 0 Å². The predicted molar refractivity (Wildman–Crippen MR) is 99.2 cm³/mol. The van der Waals surface area contributed by atoms with Crippen LogP contribution in [0.3, 0.4) is 0 Å². The van der Waals surface area contributed by atoms with E-state index in [0.717, 1.165) is 18.6 Å². The molecule has 8 heteroatoms. The van der Waals surface area contributed by atoms with Crippen molar-refractivity contribution in [3.63, 3.8) is 0 Å². The lowest BCUT2D eigenvalue weighted by Gasteiger charge is -2.22. The molecule has 2 atom stereocenters. The van der Waals surface area contributed by atoms with Crippen LogP contribution in [-0.2, 0) is 0 Å². The summed E-state index contributed by atoms with van der Waals surface area (Å²) in [6.07, 6.45) is -3.37. The van der Waals surface area contributed by atoms with Crippen LogP contribution in [0.4, 0.5) is 17.6 Å². The van der Waals surface area contributed by atoms with Crippen LogP contribution in [0.1, 0.15) is 64.0 Å². The zero-order valence-corrected chi connectivity index (χ0v) is 15.4. The molecule has 0 heterocycles. The van der Waals surface area contributed by atoms with Crippen LogP contribution in [0.25, 0.3) is 0 Å². The van der Waals surface area contributed by atoms with E-state index in [1.807, 2.05) is 0 Å². The first-order valence-electron chi connectivity index (χ1n) is 9.23. The quantitative estimate of drug-likeness (QED) is 0.684. The van der Waals surface area contributed by atoms with Crippen LogP contribution < -0.4 is 10.6 Å². The monoisotopic (exact) mass is 408 g/mol. The molecule has 1 aliphatic carbocycles. The highest BCUT2D eigenvalue weighted by molar-refractivity contribution is 5.96. The highest BCUT2D eigenvalue weighted by atomic mass is 19.3. The molecule has 1 aliphatic rings. The Kier molecular flexibility index (Phi) is 6.51. The highest BCUT2D eigenvalue weighted by Crippen LogP contribution is 2.23. The zero-order chi connectivity index (χ0) is 21.0. The second-order valence-corrected chi connectivity index (χ2v) is 6.94. The van der Waals surface area contributed by atoms with E-state index in [4.69, 9.17) is 0 Å². The Labute approximate surface area is 165 Å². The molecule has 4 nitrogen and oxygen atoms in total. The van der Waals surface area contributed by atoms with E-state index < -0.39 is 24.7 Å². The van der Waals surface area contributed by atoms with Gasteiger partial charge in [0.1, 0.15) is 0 Å². The number of hydrogen-bond donors (Lipinski definition) is 2. The summed E-state index contributed by atoms with van der Waals surface area (Å²) in [6, 6.07) is 9.68. The van der Waals surface area contributed by atoms with Crippen LogP contribution in [0.2, 0.25) is 0 Å². The minimum absolute atomic E-state index is 0.115. The van der Waals surface area contributed by atoms with E-state index >= 15 is 0 Å². The third-order valence-corrected chi connectivity index (χ3v) is 4.95. The molecule has 0 bridgehead atoms. The summed E-state index contributed by atoms with van der Waals surface area (Å²) in [5.74, 6) is -1.00. The number of carbonyl (C=O) groups excluding carboxylic acids is 2. The fourth-order valence-electron chi connectivity index (χ4n) is 3.44. The average molecular weight is 408 g/mol. The minimum Gasteiger partial charge on any atom is -0.347 e. The van der Waals surface area contributed by atoms with Crippen molar-refractivity contribution in [2.24, 2.45) is 0 Å². The van der Waals surface area contributed by atoms with Crippen molar-refractivity contribution in [2.75, 3.05) is 0 Å². The van der Waals surface area contributed by atoms with Crippen molar-refractivity contribution in [3.8, 4) is 0 Å². The number of hydrogen-bond acceptors (Lipinski definition) is 2. The van der Waals surface area contributed by atoms with Gasteiger partial charge in [-0.1, -0.05) is 24.3 Å². The molecule has 2 aromatic carbocycles. The molecule has 0 saturated heterocycles. The Balaban J connectivity index is 1.65. The number of alkyl halides is 4. The number of nitrogens with one attached hydrogen (secondary N) is 2. The molecular weight excluding hydrogens is 388 g/mol. The zero-order valence-electron chi connectivity index (χ0n) is 15.4. The summed E-state index contributed by atoms with van der Waals surface area (Å²) in [5, 5.41) is 5.56. The molecule has 0 aromatic heterocycles. The molecule has 1 saturated carbocycles. The van der Waals surface area contributed by atoms with Gasteiger partial charge in [-0.15, -0.1) is 0 Å². The van der Waals surface area contributed by atoms with E-state index in [1.54, 1.807) is 0 Å². The molecular formula is C21H20F4N2O2. The molecule has 0 aliphatic heterocycles. The van der Waals surface area contributed by atoms with Gasteiger partial charge < -0.3 is 10.6 Å². The molecule has 3 rings (SSSR count). The largest absolute Gasteiger partial charge is 0.347 e. The average Bonchev–Trinajstić information content (AvgIpc) is 3.14. The van der Waals surface area contributed by atoms with Crippen molar-refractivity contribution < 1.29 is 27.2 Å². The van der Waals surface area contributed by atoms with Gasteiger partial charge in [-0.3, -0.25) is 9.59 Å². The Morgan fingerprint density at radius 1 is 0.759 bits per heavy atom. The van der Waals surface area contributed by atoms with Gasteiger partial charge in [-0.2, -0.15) is 0 Å². The molecule has 0 radical (unpaired) electrons. The number of carbonyl (C=O) groups is 2. The predicted octanol–water partition coefficient (Wildman–Crippen LogP) is 4.64. The fourth-order valence-corrected chi connectivity index (χ4v) is 3.44. The maximum atomic E-state index is 12.8. The van der Waals surface area contributed by atoms with Gasteiger partial charge in [-0.25, -0.2) is 17.6 Å². The lowest BCUT2D eigenvalue weighted by molar-refractivity contribution is 0.0891. The Morgan fingerprint density at radius 2 is 1.17 bits per heavy atom. The molecule has 154 valence electrons. The second kappa shape index (κ2) is 9.07. The van der Waals surface area contributed by atoms with Crippen LogP contribution in [0, 0.1) is 0 Å². The molecule has 1 fully saturated rings. The Morgan fingerprint density at radius 3 is 1.55 bits per heavy atom. The van der Waals surface area contributed by atoms with Gasteiger partial charge in [0.15, 0.2) is 0 Å². The van der Waals surface area contributed by atoms with Gasteiger partial charge in [0.25, 0.3) is 24.7 Å². The molecule has 0 spiro atoms. The highest BCUT2D eigenvalue weighted by Gasteiger charge is 2.30. The summed E-state index contributed by atoms with van der Waals surface area (Å²) in [5.41, 5.74) is -0.255. The maximum absolute atomic E-state index is 12.8. The molecule has 2 amide bonds. The summed E-state index contributed by atoms with van der Waals surface area (Å²) in [7, 11) is 0. The van der Waals surface area contributed by atoms with E-state index in [-0.39, 0.29) is 34.3 Å². The van der Waals surface area contributed by atoms with Crippen LogP contribution >= 0.6 is 0 Å². The van der Waals surface area contributed by atoms with Gasteiger partial charge in [0, 0.05) is 34.3 Å². The Bertz CT molecular complexity index is 817. The van der Waals surface area contributed by atoms with Crippen LogP contribution in [-0.4, -0.2) is 23.9 Å². The maximum Gasteiger partial charge on any atom is 0.263 e. The normalized spacial score (nSPS) is 18.8. The molecule has 2 N–H and O–H groups in total. The lowest BCUT2D eigenvalue weighted by atomic mass is 10.1. The van der Waals surface area contributed by atoms with Crippen molar-refractivity contribution in [1.29, 1.82) is 0 Å². The second-order valence-electron chi connectivity index (χ2n) is 6.94. The Hall–Kier alpha value is -2.90. The molecule has 2 unspecified atom stereocenters. The SMILES string of the molecule is O=C(NC1CCCC1NC(=O)c1cccc(C(F)F)c1)c1cccc(C(F)F)c1. The van der Waals surface area contributed by atoms with E-state index in [1.165, 1.54) is 36.4 Å². The van der Waals surface area contributed by atoms with Crippen LogP contribution in [0.15, 0.2) is 48.5 Å². The standard InChI is InChI=1S/C21H20F4N2O2/c22-18(23)12-4-1-6-14(10-12)20(28)26-16-8-3-9-17(16)27-21(29)15-7-2-5-13(11-15)19(24)25/h1-2,4-7,10-11,16-19H,3,8-9H2,(H,26,28)(H,27,29). The summed E-state index contributed by atoms with van der Waals surface area (Å²) in [4.78, 5) is 24.9. The molecule has 29 heavy (non-hydrogen) atoms. The number of halogens is 4. The first kappa shape index (κ1) is 20.8. The smallest absolute Gasteiger partial charge is 0.263 e. The van der Waals surface area contributed by atoms with Gasteiger partial charge in [-0.05, 0) is 43.5 Å². The van der Waals surface area contributed by atoms with Gasteiger partial charge in [0.05, 0.1) is 0 Å². The number of amides is 2. The third-order valence-electron chi connectivity index (χ3n) is 4.95. The van der Waals surface area contributed by atoms with E-state index in [2.05, 4.69) is 10.6 Å². The van der Waals surface area contributed by atoms with Crippen molar-refractivity contribution >= 4 is 11.8 Å². The van der Waals surface area contributed by atoms with Gasteiger partial charge >= 0.3 is 0 Å². The lowest BCUT2D eigenvalue weighted by Crippen LogP contribution is -2.48. The fraction of sp³-hybridized carbons (Fsp3) is 0.333. The summed E-state index contributed by atoms with van der Waals surface area (Å²) < 4.78 is 51.3. The summed E-state index contributed by atoms with van der Waals surface area (Å²) >= 11 is 0. The minimum atomic E-state index is -2.68. The third kappa shape index (κ3) is 5.13. The molecule has 2 aromatic rings. The first-order valence-corrected chi connectivity index (χ1v) is 9.23. The summed E-state index contributed by atoms with van der Waals surface area (Å²) in [6.45, 7) is 0. The van der Waals surface area contributed by atoms with E-state index in [9.17, 15) is 27.2 Å². The number of benzene rings is 2. The van der Waals surface area contributed by atoms with Crippen molar-refractivity contribution in [1.82, 2.24) is 10.6 Å². The van der Waals surface area contributed by atoms with E-state index in [0.29, 0.717) is 12.8 Å². The first-order chi connectivity index (χ1) is 13.8. The topological polar surface area (TPSA) is 58.2 Å². The van der Waals surface area contributed by atoms with Crippen LogP contribution in [0.5, 0.6) is 0 Å². The van der Waals surface area contributed by atoms with Crippen molar-refractivity contribution in [2.45, 2.75) is 44.2 Å².